The van der Waals surface area contributed by atoms with Crippen LogP contribution in [0.5, 0.6) is 0 Å². The van der Waals surface area contributed by atoms with Crippen LogP contribution in [-0.4, -0.2) is 7.05 Å². The molecule has 1 heteroatoms. The molecule has 2 aromatic carbocycles. The normalized spacial score (nSPS) is 20.9. The van der Waals surface area contributed by atoms with Gasteiger partial charge in [0.2, 0.25) is 0 Å². The summed E-state index contributed by atoms with van der Waals surface area (Å²) in [6.07, 6.45) is 5.07. The molecule has 0 spiro atoms. The van der Waals surface area contributed by atoms with Crippen LogP contribution in [0.1, 0.15) is 46.2 Å². The zero-order valence-corrected chi connectivity index (χ0v) is 12.0. The number of benzene rings is 2. The molecule has 2 aliphatic carbocycles. The van der Waals surface area contributed by atoms with Gasteiger partial charge in [0.15, 0.2) is 0 Å². The molecule has 0 aromatic heterocycles. The summed E-state index contributed by atoms with van der Waals surface area (Å²) in [6, 6.07) is 16.5. The molecule has 0 fully saturated rings. The predicted molar refractivity (Wildman–Crippen MR) is 83.2 cm³/mol. The lowest BCUT2D eigenvalue weighted by molar-refractivity contribution is 0.438. The molecular formula is C19H21N. The summed E-state index contributed by atoms with van der Waals surface area (Å²) in [5.74, 6) is 0.635. The maximum atomic E-state index is 3.55. The average Bonchev–Trinajstić information content (AvgIpc) is 2.92. The number of aryl methyl sites for hydroxylation is 2. The molecule has 2 aliphatic rings. The third-order valence-electron chi connectivity index (χ3n) is 5.09. The molecule has 0 heterocycles. The first-order chi connectivity index (χ1) is 9.86. The Labute approximate surface area is 121 Å². The molecule has 2 aromatic rings. The number of likely N-dealkylation sites (N-methyl/N-ethyl adjacent to an activating group) is 1. The first-order valence-electron chi connectivity index (χ1n) is 7.73. The van der Waals surface area contributed by atoms with E-state index in [1.54, 1.807) is 11.1 Å². The molecular weight excluding hydrogens is 242 g/mol. The van der Waals surface area contributed by atoms with Crippen LogP contribution < -0.4 is 5.32 Å². The third-order valence-corrected chi connectivity index (χ3v) is 5.09. The van der Waals surface area contributed by atoms with E-state index in [1.807, 2.05) is 0 Å². The van der Waals surface area contributed by atoms with Gasteiger partial charge >= 0.3 is 0 Å². The molecule has 0 bridgehead atoms. The van der Waals surface area contributed by atoms with Crippen molar-refractivity contribution in [3.8, 4) is 0 Å². The molecule has 0 radical (unpaired) electrons. The van der Waals surface area contributed by atoms with Gasteiger partial charge in [0.25, 0.3) is 0 Å². The predicted octanol–water partition coefficient (Wildman–Crippen LogP) is 3.78. The van der Waals surface area contributed by atoms with Crippen molar-refractivity contribution in [2.75, 3.05) is 7.05 Å². The average molecular weight is 263 g/mol. The number of rotatable bonds is 3. The molecule has 1 N–H and O–H groups in total. The fourth-order valence-corrected chi connectivity index (χ4v) is 3.98. The van der Waals surface area contributed by atoms with E-state index in [0.29, 0.717) is 12.0 Å². The molecule has 2 unspecified atom stereocenters. The standard InChI is InChI=1S/C19H21N/c1-20-19(18-12-15-5-2-3-8-17(15)18)16-10-9-13-6-4-7-14(13)11-16/h2-3,5,8-11,18-20H,4,6-7,12H2,1H3. The zero-order valence-electron chi connectivity index (χ0n) is 12.0. The van der Waals surface area contributed by atoms with Crippen LogP contribution in [0.4, 0.5) is 0 Å². The lowest BCUT2D eigenvalue weighted by atomic mass is 9.71. The van der Waals surface area contributed by atoms with E-state index < -0.39 is 0 Å². The summed E-state index contributed by atoms with van der Waals surface area (Å²) < 4.78 is 0. The molecule has 0 saturated heterocycles. The van der Waals surface area contributed by atoms with Gasteiger partial charge in [-0.05, 0) is 60.5 Å². The SMILES string of the molecule is CNC(c1ccc2c(c1)CCC2)C1Cc2ccccc21. The van der Waals surface area contributed by atoms with E-state index in [-0.39, 0.29) is 0 Å². The second-order valence-electron chi connectivity index (χ2n) is 6.16. The minimum Gasteiger partial charge on any atom is -0.312 e. The van der Waals surface area contributed by atoms with E-state index in [1.165, 1.54) is 42.4 Å². The van der Waals surface area contributed by atoms with Crippen LogP contribution in [0.25, 0.3) is 0 Å². The lowest BCUT2D eigenvalue weighted by Gasteiger charge is -2.37. The molecule has 0 amide bonds. The maximum Gasteiger partial charge on any atom is 0.0390 e. The van der Waals surface area contributed by atoms with Crippen LogP contribution in [0.15, 0.2) is 42.5 Å². The maximum absolute atomic E-state index is 3.55. The second kappa shape index (κ2) is 4.75. The fraction of sp³-hybridized carbons (Fsp3) is 0.368. The van der Waals surface area contributed by atoms with Gasteiger partial charge in [-0.25, -0.2) is 0 Å². The van der Waals surface area contributed by atoms with E-state index in [0.717, 1.165) is 0 Å². The highest BCUT2D eigenvalue weighted by Crippen LogP contribution is 2.43. The van der Waals surface area contributed by atoms with E-state index in [4.69, 9.17) is 0 Å². The number of nitrogens with one attached hydrogen (secondary N) is 1. The van der Waals surface area contributed by atoms with Gasteiger partial charge in [0, 0.05) is 12.0 Å². The van der Waals surface area contributed by atoms with Crippen molar-refractivity contribution in [1.29, 1.82) is 0 Å². The monoisotopic (exact) mass is 263 g/mol. The summed E-state index contributed by atoms with van der Waals surface area (Å²) >= 11 is 0. The van der Waals surface area contributed by atoms with Crippen molar-refractivity contribution in [2.24, 2.45) is 0 Å². The van der Waals surface area contributed by atoms with Gasteiger partial charge in [-0.2, -0.15) is 0 Å². The summed E-state index contributed by atoms with van der Waals surface area (Å²) in [5.41, 5.74) is 7.67. The van der Waals surface area contributed by atoms with Gasteiger partial charge in [0.05, 0.1) is 0 Å². The zero-order chi connectivity index (χ0) is 13.5. The highest BCUT2D eigenvalue weighted by Gasteiger charge is 2.33. The fourth-order valence-electron chi connectivity index (χ4n) is 3.98. The minimum atomic E-state index is 0.454. The van der Waals surface area contributed by atoms with Crippen LogP contribution >= 0.6 is 0 Å². The van der Waals surface area contributed by atoms with Gasteiger partial charge in [-0.3, -0.25) is 0 Å². The number of hydrogen-bond acceptors (Lipinski definition) is 1. The highest BCUT2D eigenvalue weighted by atomic mass is 14.9. The smallest absolute Gasteiger partial charge is 0.0390 e. The molecule has 1 nitrogen and oxygen atoms in total. The van der Waals surface area contributed by atoms with Gasteiger partial charge in [-0.15, -0.1) is 0 Å². The Morgan fingerprint density at radius 2 is 1.85 bits per heavy atom. The quantitative estimate of drug-likeness (QED) is 0.888. The van der Waals surface area contributed by atoms with Crippen molar-refractivity contribution in [1.82, 2.24) is 5.32 Å². The van der Waals surface area contributed by atoms with Gasteiger partial charge in [0.1, 0.15) is 0 Å². The summed E-state index contributed by atoms with van der Waals surface area (Å²) in [6.45, 7) is 0. The van der Waals surface area contributed by atoms with Crippen molar-refractivity contribution >= 4 is 0 Å². The molecule has 2 atom stereocenters. The highest BCUT2D eigenvalue weighted by molar-refractivity contribution is 5.44. The first-order valence-corrected chi connectivity index (χ1v) is 7.73. The molecule has 20 heavy (non-hydrogen) atoms. The Bertz CT molecular complexity index is 644. The van der Waals surface area contributed by atoms with Crippen molar-refractivity contribution in [3.05, 3.63) is 70.3 Å². The van der Waals surface area contributed by atoms with E-state index in [9.17, 15) is 0 Å². The third kappa shape index (κ3) is 1.81. The van der Waals surface area contributed by atoms with Crippen molar-refractivity contribution in [2.45, 2.75) is 37.6 Å². The Balaban J connectivity index is 1.67. The summed E-state index contributed by atoms with van der Waals surface area (Å²) in [5, 5.41) is 3.55. The molecule has 0 aliphatic heterocycles. The molecule has 4 rings (SSSR count). The van der Waals surface area contributed by atoms with Crippen LogP contribution in [-0.2, 0) is 19.3 Å². The lowest BCUT2D eigenvalue weighted by Crippen LogP contribution is -2.31. The van der Waals surface area contributed by atoms with Gasteiger partial charge < -0.3 is 5.32 Å². The largest absolute Gasteiger partial charge is 0.312 e. The van der Waals surface area contributed by atoms with E-state index >= 15 is 0 Å². The van der Waals surface area contributed by atoms with Crippen molar-refractivity contribution < 1.29 is 0 Å². The van der Waals surface area contributed by atoms with E-state index in [2.05, 4.69) is 54.8 Å². The summed E-state index contributed by atoms with van der Waals surface area (Å²) in [7, 11) is 2.10. The number of hydrogen-bond donors (Lipinski definition) is 1. The van der Waals surface area contributed by atoms with Crippen LogP contribution in [0.2, 0.25) is 0 Å². The van der Waals surface area contributed by atoms with Gasteiger partial charge in [-0.1, -0.05) is 42.5 Å². The topological polar surface area (TPSA) is 12.0 Å². The van der Waals surface area contributed by atoms with Crippen LogP contribution in [0, 0.1) is 0 Å². The second-order valence-corrected chi connectivity index (χ2v) is 6.16. The summed E-state index contributed by atoms with van der Waals surface area (Å²) in [4.78, 5) is 0. The molecule has 0 saturated carbocycles. The Kier molecular flexibility index (Phi) is 2.89. The molecule has 102 valence electrons. The first kappa shape index (κ1) is 12.2. The van der Waals surface area contributed by atoms with Crippen LogP contribution in [0.3, 0.4) is 0 Å². The minimum absolute atomic E-state index is 0.454. The Hall–Kier alpha value is -1.60. The Morgan fingerprint density at radius 3 is 2.70 bits per heavy atom. The van der Waals surface area contributed by atoms with Crippen molar-refractivity contribution in [3.63, 3.8) is 0 Å². The Morgan fingerprint density at radius 1 is 1.00 bits per heavy atom. The number of fused-ring (bicyclic) bond motifs is 2.